The van der Waals surface area contributed by atoms with Gasteiger partial charge >= 0.3 is 6.18 Å². The van der Waals surface area contributed by atoms with E-state index in [1.807, 2.05) is 7.05 Å². The molecule has 0 aromatic carbocycles. The number of imidazole rings is 1. The standard InChI is InChI=1S/C32H39F3N8O2/c1-4-45-30-22(32(33,34)35)14-21(16-38-30)23-15-25(42(2)19-31(20-44-3)10-6-7-11-31)27-29(39-23)41-28(40-27)24-17-37-26(18-36-24)43-12-8-5-9-13-43/h14-18H,4-13,19-20H2,1-3H3,(H,39,40,41). The zero-order chi connectivity index (χ0) is 31.6. The van der Waals surface area contributed by atoms with Crippen LogP contribution in [-0.2, 0) is 10.9 Å². The Morgan fingerprint density at radius 3 is 2.40 bits per heavy atom. The molecule has 0 amide bonds. The van der Waals surface area contributed by atoms with Crippen LogP contribution in [0.1, 0.15) is 57.4 Å². The molecule has 4 aromatic heterocycles. The van der Waals surface area contributed by atoms with Crippen molar-refractivity contribution < 1.29 is 22.6 Å². The number of nitrogens with zero attached hydrogens (tertiary/aromatic N) is 7. The largest absolute Gasteiger partial charge is 0.478 e. The van der Waals surface area contributed by atoms with Crippen LogP contribution in [-0.4, -0.2) is 76.9 Å². The normalized spacial score (nSPS) is 16.8. The molecule has 2 fully saturated rings. The number of fused-ring (bicyclic) bond motifs is 1. The molecule has 10 nitrogen and oxygen atoms in total. The first-order valence-electron chi connectivity index (χ1n) is 15.6. The average Bonchev–Trinajstić information content (AvgIpc) is 3.68. The molecule has 0 spiro atoms. The third kappa shape index (κ3) is 6.54. The number of aromatic nitrogens is 6. The van der Waals surface area contributed by atoms with Crippen LogP contribution in [0.5, 0.6) is 5.88 Å². The van der Waals surface area contributed by atoms with E-state index in [0.717, 1.165) is 69.2 Å². The molecule has 6 rings (SSSR count). The van der Waals surface area contributed by atoms with Gasteiger partial charge in [0.1, 0.15) is 22.6 Å². The van der Waals surface area contributed by atoms with Crippen molar-refractivity contribution in [2.75, 3.05) is 56.8 Å². The summed E-state index contributed by atoms with van der Waals surface area (Å²) in [6.45, 7) is 4.94. The van der Waals surface area contributed by atoms with Gasteiger partial charge in [0.15, 0.2) is 11.5 Å². The fourth-order valence-electron chi connectivity index (χ4n) is 6.69. The summed E-state index contributed by atoms with van der Waals surface area (Å²) >= 11 is 0. The Kier molecular flexibility index (Phi) is 8.80. The number of hydrogen-bond donors (Lipinski definition) is 1. The molecule has 45 heavy (non-hydrogen) atoms. The molecule has 13 heteroatoms. The van der Waals surface area contributed by atoms with E-state index < -0.39 is 17.6 Å². The van der Waals surface area contributed by atoms with E-state index in [2.05, 4.69) is 29.7 Å². The van der Waals surface area contributed by atoms with Gasteiger partial charge in [0.05, 0.1) is 37.0 Å². The SMILES string of the molecule is CCOc1ncc(-c2cc(N(C)CC3(COC)CCCC3)c3[nH]c(-c4cnc(N5CCCCC5)cn4)nc3n2)cc1C(F)(F)F. The maximum atomic E-state index is 14.0. The second-order valence-electron chi connectivity index (χ2n) is 12.1. The minimum Gasteiger partial charge on any atom is -0.478 e. The van der Waals surface area contributed by atoms with Gasteiger partial charge in [-0.3, -0.25) is 0 Å². The Hall–Kier alpha value is -4.00. The molecule has 1 aliphatic carbocycles. The molecule has 5 heterocycles. The van der Waals surface area contributed by atoms with Crippen molar-refractivity contribution >= 4 is 22.7 Å². The molecule has 2 aliphatic rings. The van der Waals surface area contributed by atoms with Crippen molar-refractivity contribution in [3.05, 3.63) is 36.3 Å². The summed E-state index contributed by atoms with van der Waals surface area (Å²) < 4.78 is 52.9. The summed E-state index contributed by atoms with van der Waals surface area (Å²) in [5, 5.41) is 0. The lowest BCUT2D eigenvalue weighted by Gasteiger charge is -2.34. The second kappa shape index (κ2) is 12.8. The number of alkyl halides is 3. The summed E-state index contributed by atoms with van der Waals surface area (Å²) in [5.41, 5.74) is 1.90. The van der Waals surface area contributed by atoms with Gasteiger partial charge in [-0.1, -0.05) is 12.8 Å². The van der Waals surface area contributed by atoms with Gasteiger partial charge in [-0.25, -0.2) is 24.9 Å². The lowest BCUT2D eigenvalue weighted by molar-refractivity contribution is -0.139. The van der Waals surface area contributed by atoms with Gasteiger partial charge in [-0.05, 0) is 51.2 Å². The number of methoxy groups -OCH3 is 1. The minimum absolute atomic E-state index is 0.0258. The number of H-pyrrole nitrogens is 1. The lowest BCUT2D eigenvalue weighted by atomic mass is 9.86. The van der Waals surface area contributed by atoms with Crippen molar-refractivity contribution in [3.63, 3.8) is 0 Å². The van der Waals surface area contributed by atoms with E-state index in [9.17, 15) is 13.2 Å². The van der Waals surface area contributed by atoms with Crippen LogP contribution in [0.15, 0.2) is 30.7 Å². The van der Waals surface area contributed by atoms with Crippen LogP contribution in [0.3, 0.4) is 0 Å². The van der Waals surface area contributed by atoms with Gasteiger partial charge in [0.2, 0.25) is 5.88 Å². The quantitative estimate of drug-likeness (QED) is 0.211. The second-order valence-corrected chi connectivity index (χ2v) is 12.1. The van der Waals surface area contributed by atoms with Crippen molar-refractivity contribution in [2.24, 2.45) is 5.41 Å². The lowest BCUT2D eigenvalue weighted by Crippen LogP contribution is -2.37. The van der Waals surface area contributed by atoms with Crippen molar-refractivity contribution in [1.29, 1.82) is 0 Å². The Labute approximate surface area is 260 Å². The van der Waals surface area contributed by atoms with Gasteiger partial charge in [0.25, 0.3) is 0 Å². The van der Waals surface area contributed by atoms with Crippen LogP contribution in [0, 0.1) is 5.41 Å². The van der Waals surface area contributed by atoms with E-state index in [4.69, 9.17) is 19.4 Å². The number of hydrogen-bond acceptors (Lipinski definition) is 9. The highest BCUT2D eigenvalue weighted by Gasteiger charge is 2.37. The fraction of sp³-hybridized carbons (Fsp3) is 0.531. The monoisotopic (exact) mass is 624 g/mol. The van der Waals surface area contributed by atoms with Gasteiger partial charge in [-0.15, -0.1) is 0 Å². The molecular weight excluding hydrogens is 585 g/mol. The van der Waals surface area contributed by atoms with E-state index in [1.54, 1.807) is 32.5 Å². The van der Waals surface area contributed by atoms with Crippen LogP contribution in [0.2, 0.25) is 0 Å². The highest BCUT2D eigenvalue weighted by Crippen LogP contribution is 2.42. The summed E-state index contributed by atoms with van der Waals surface area (Å²) in [5.74, 6) is 0.859. The van der Waals surface area contributed by atoms with E-state index in [0.29, 0.717) is 41.5 Å². The summed E-state index contributed by atoms with van der Waals surface area (Å²) in [6.07, 6.45) is 8.01. The van der Waals surface area contributed by atoms with Crippen LogP contribution in [0.25, 0.3) is 33.9 Å². The summed E-state index contributed by atoms with van der Waals surface area (Å²) in [7, 11) is 3.71. The molecule has 1 aliphatic heterocycles. The molecule has 0 radical (unpaired) electrons. The third-order valence-electron chi connectivity index (χ3n) is 8.83. The topological polar surface area (TPSA) is 105 Å². The first-order valence-corrected chi connectivity index (χ1v) is 15.6. The van der Waals surface area contributed by atoms with Gasteiger partial charge in [0, 0.05) is 51.0 Å². The Balaban J connectivity index is 1.42. The maximum Gasteiger partial charge on any atom is 0.421 e. The number of pyridine rings is 2. The van der Waals surface area contributed by atoms with E-state index in [-0.39, 0.29) is 17.6 Å². The number of halogens is 3. The number of rotatable bonds is 10. The smallest absolute Gasteiger partial charge is 0.421 e. The highest BCUT2D eigenvalue weighted by atomic mass is 19.4. The minimum atomic E-state index is -4.65. The van der Waals surface area contributed by atoms with Crippen LogP contribution < -0.4 is 14.5 Å². The predicted molar refractivity (Wildman–Crippen MR) is 166 cm³/mol. The molecule has 1 N–H and O–H groups in total. The summed E-state index contributed by atoms with van der Waals surface area (Å²) in [6, 6.07) is 2.83. The van der Waals surface area contributed by atoms with Crippen molar-refractivity contribution in [2.45, 2.75) is 58.0 Å². The zero-order valence-corrected chi connectivity index (χ0v) is 26.0. The number of aromatic amines is 1. The highest BCUT2D eigenvalue weighted by molar-refractivity contribution is 5.91. The molecule has 4 aromatic rings. The number of nitrogens with one attached hydrogen (secondary N) is 1. The first kappa shape index (κ1) is 31.0. The van der Waals surface area contributed by atoms with Crippen molar-refractivity contribution in [3.8, 4) is 28.7 Å². The van der Waals surface area contributed by atoms with Crippen LogP contribution in [0.4, 0.5) is 24.7 Å². The molecular formula is C32H39F3N8O2. The van der Waals surface area contributed by atoms with Gasteiger partial charge < -0.3 is 24.3 Å². The number of piperidine rings is 1. The molecule has 0 atom stereocenters. The van der Waals surface area contributed by atoms with E-state index in [1.165, 1.54) is 12.6 Å². The molecule has 0 bridgehead atoms. The Morgan fingerprint density at radius 2 is 1.73 bits per heavy atom. The predicted octanol–water partition coefficient (Wildman–Crippen LogP) is 6.53. The van der Waals surface area contributed by atoms with Crippen molar-refractivity contribution in [1.82, 2.24) is 29.9 Å². The Morgan fingerprint density at radius 1 is 0.956 bits per heavy atom. The molecule has 240 valence electrons. The summed E-state index contributed by atoms with van der Waals surface area (Å²) in [4.78, 5) is 30.6. The van der Waals surface area contributed by atoms with Crippen LogP contribution >= 0.6 is 0 Å². The fourth-order valence-corrected chi connectivity index (χ4v) is 6.69. The van der Waals surface area contributed by atoms with Gasteiger partial charge in [-0.2, -0.15) is 13.2 Å². The molecule has 1 saturated heterocycles. The van der Waals surface area contributed by atoms with E-state index >= 15 is 0 Å². The number of ether oxygens (including phenoxy) is 2. The molecule has 1 saturated carbocycles. The first-order chi connectivity index (χ1) is 21.7. The third-order valence-corrected chi connectivity index (χ3v) is 8.83. The Bertz CT molecular complexity index is 1610. The maximum absolute atomic E-state index is 14.0. The average molecular weight is 625 g/mol. The zero-order valence-electron chi connectivity index (χ0n) is 26.0. The number of anilines is 2. The molecule has 0 unspecified atom stereocenters.